The van der Waals surface area contributed by atoms with Crippen molar-refractivity contribution in [3.8, 4) is 0 Å². The lowest BCUT2D eigenvalue weighted by atomic mass is 9.48. The Balaban J connectivity index is 1.66. The zero-order valence-electron chi connectivity index (χ0n) is 14.6. The van der Waals surface area contributed by atoms with E-state index in [1.54, 1.807) is 5.57 Å². The second-order valence-electron chi connectivity index (χ2n) is 9.19. The summed E-state index contributed by atoms with van der Waals surface area (Å²) in [5, 5.41) is 0. The molecule has 4 aliphatic rings. The van der Waals surface area contributed by atoms with Crippen LogP contribution in [0.1, 0.15) is 65.2 Å². The minimum Gasteiger partial charge on any atom is -0.380 e. The van der Waals surface area contributed by atoms with Crippen LogP contribution in [0.3, 0.4) is 0 Å². The SMILES string of the molecule is CO[C@H]1CC2=CC[C@H]3[C@@H](CC[C@@]4(C)CCC[C@@H]34)[C@]2(C)C[C@@H]1N. The minimum atomic E-state index is 0.211. The van der Waals surface area contributed by atoms with Gasteiger partial charge < -0.3 is 10.5 Å². The molecular weight excluding hydrogens is 270 g/mol. The lowest BCUT2D eigenvalue weighted by Crippen LogP contribution is -2.54. The molecule has 7 atom stereocenters. The standard InChI is InChI=1S/C20H33NO/c1-19-9-4-5-15(19)14-7-6-13-11-18(22-3)17(21)12-20(13,2)16(14)8-10-19/h6,14-18H,4-5,7-12,21H2,1-3H3/t14-,15+,16-,17+,18+,19-,20-/m1/s1. The highest BCUT2D eigenvalue weighted by molar-refractivity contribution is 5.26. The van der Waals surface area contributed by atoms with Gasteiger partial charge in [-0.2, -0.15) is 0 Å². The maximum Gasteiger partial charge on any atom is 0.0759 e. The summed E-state index contributed by atoms with van der Waals surface area (Å²) >= 11 is 0. The molecule has 124 valence electrons. The molecule has 2 nitrogen and oxygen atoms in total. The highest BCUT2D eigenvalue weighted by atomic mass is 16.5. The third-order valence-electron chi connectivity index (χ3n) is 8.27. The van der Waals surface area contributed by atoms with E-state index in [1.807, 2.05) is 7.11 Å². The summed E-state index contributed by atoms with van der Waals surface area (Å²) in [4.78, 5) is 0. The third-order valence-corrected chi connectivity index (χ3v) is 8.27. The normalized spacial score (nSPS) is 54.2. The van der Waals surface area contributed by atoms with Gasteiger partial charge in [-0.3, -0.25) is 0 Å². The second kappa shape index (κ2) is 5.08. The second-order valence-corrected chi connectivity index (χ2v) is 9.19. The predicted octanol–water partition coefficient (Wildman–Crippen LogP) is 4.29. The molecule has 3 fully saturated rings. The maximum atomic E-state index is 6.48. The smallest absolute Gasteiger partial charge is 0.0759 e. The van der Waals surface area contributed by atoms with Gasteiger partial charge in [-0.1, -0.05) is 31.9 Å². The molecule has 4 aliphatic carbocycles. The molecule has 0 aliphatic heterocycles. The molecule has 0 saturated heterocycles. The fourth-order valence-corrected chi connectivity index (χ4v) is 7.00. The van der Waals surface area contributed by atoms with E-state index in [0.717, 1.165) is 30.6 Å². The van der Waals surface area contributed by atoms with Gasteiger partial charge in [0, 0.05) is 13.2 Å². The molecule has 0 aromatic carbocycles. The van der Waals surface area contributed by atoms with Gasteiger partial charge in [-0.25, -0.2) is 0 Å². The zero-order valence-corrected chi connectivity index (χ0v) is 14.6. The molecule has 0 unspecified atom stereocenters. The summed E-state index contributed by atoms with van der Waals surface area (Å²) < 4.78 is 5.65. The lowest BCUT2D eigenvalue weighted by Gasteiger charge is -2.58. The molecule has 0 radical (unpaired) electrons. The number of hydrogen-bond donors (Lipinski definition) is 1. The number of allylic oxidation sites excluding steroid dienone is 1. The van der Waals surface area contributed by atoms with Gasteiger partial charge in [0.25, 0.3) is 0 Å². The van der Waals surface area contributed by atoms with Crippen LogP contribution < -0.4 is 5.73 Å². The summed E-state index contributed by atoms with van der Waals surface area (Å²) in [6, 6.07) is 0.211. The van der Waals surface area contributed by atoms with E-state index in [0.29, 0.717) is 10.8 Å². The van der Waals surface area contributed by atoms with E-state index in [2.05, 4.69) is 19.9 Å². The van der Waals surface area contributed by atoms with Crippen molar-refractivity contribution in [3.63, 3.8) is 0 Å². The van der Waals surface area contributed by atoms with Gasteiger partial charge >= 0.3 is 0 Å². The fraction of sp³-hybridized carbons (Fsp3) is 0.900. The first-order chi connectivity index (χ1) is 10.5. The third kappa shape index (κ3) is 1.99. The van der Waals surface area contributed by atoms with Gasteiger partial charge in [-0.05, 0) is 73.5 Å². The summed E-state index contributed by atoms with van der Waals surface area (Å²) in [6.45, 7) is 5.11. The number of rotatable bonds is 1. The van der Waals surface area contributed by atoms with Gasteiger partial charge in [0.15, 0.2) is 0 Å². The molecule has 2 heteroatoms. The van der Waals surface area contributed by atoms with Crippen LogP contribution in [0.5, 0.6) is 0 Å². The molecule has 0 aromatic rings. The van der Waals surface area contributed by atoms with E-state index < -0.39 is 0 Å². The number of ether oxygens (including phenoxy) is 1. The molecule has 0 bridgehead atoms. The van der Waals surface area contributed by atoms with Crippen molar-refractivity contribution in [2.75, 3.05) is 7.11 Å². The predicted molar refractivity (Wildman–Crippen MR) is 90.5 cm³/mol. The van der Waals surface area contributed by atoms with Crippen LogP contribution in [0.25, 0.3) is 0 Å². The topological polar surface area (TPSA) is 35.2 Å². The van der Waals surface area contributed by atoms with E-state index >= 15 is 0 Å². The summed E-state index contributed by atoms with van der Waals surface area (Å²) in [5.41, 5.74) is 9.15. The Kier molecular flexibility index (Phi) is 3.51. The molecule has 0 heterocycles. The zero-order chi connectivity index (χ0) is 15.5. The van der Waals surface area contributed by atoms with Crippen molar-refractivity contribution in [1.82, 2.24) is 0 Å². The molecule has 22 heavy (non-hydrogen) atoms. The number of hydrogen-bond acceptors (Lipinski definition) is 2. The molecule has 3 saturated carbocycles. The van der Waals surface area contributed by atoms with Crippen LogP contribution in [0, 0.1) is 28.6 Å². The molecule has 0 spiro atoms. The van der Waals surface area contributed by atoms with Gasteiger partial charge in [0.1, 0.15) is 0 Å². The van der Waals surface area contributed by atoms with Crippen LogP contribution in [-0.4, -0.2) is 19.3 Å². The van der Waals surface area contributed by atoms with Crippen molar-refractivity contribution < 1.29 is 4.74 Å². The molecule has 4 rings (SSSR count). The van der Waals surface area contributed by atoms with Crippen molar-refractivity contribution in [2.45, 2.75) is 77.4 Å². The number of fused-ring (bicyclic) bond motifs is 5. The first-order valence-electron chi connectivity index (χ1n) is 9.46. The Hall–Kier alpha value is -0.340. The van der Waals surface area contributed by atoms with Gasteiger partial charge in [0.2, 0.25) is 0 Å². The largest absolute Gasteiger partial charge is 0.380 e. The molecule has 2 N–H and O–H groups in total. The van der Waals surface area contributed by atoms with Crippen LogP contribution in [0.4, 0.5) is 0 Å². The summed E-state index contributed by atoms with van der Waals surface area (Å²) in [6.07, 6.45) is 13.6. The van der Waals surface area contributed by atoms with Crippen molar-refractivity contribution in [3.05, 3.63) is 11.6 Å². The minimum absolute atomic E-state index is 0.211. The van der Waals surface area contributed by atoms with Gasteiger partial charge in [-0.15, -0.1) is 0 Å². The van der Waals surface area contributed by atoms with Crippen molar-refractivity contribution in [1.29, 1.82) is 0 Å². The molecular formula is C20H33NO. The first-order valence-corrected chi connectivity index (χ1v) is 9.46. The van der Waals surface area contributed by atoms with Crippen molar-refractivity contribution >= 4 is 0 Å². The van der Waals surface area contributed by atoms with E-state index in [1.165, 1.54) is 38.5 Å². The van der Waals surface area contributed by atoms with E-state index in [-0.39, 0.29) is 12.1 Å². The summed E-state index contributed by atoms with van der Waals surface area (Å²) in [5.74, 6) is 2.76. The Morgan fingerprint density at radius 3 is 2.77 bits per heavy atom. The monoisotopic (exact) mass is 303 g/mol. The highest BCUT2D eigenvalue weighted by Gasteiger charge is 2.56. The van der Waals surface area contributed by atoms with E-state index in [4.69, 9.17) is 10.5 Å². The first kappa shape index (κ1) is 15.2. The quantitative estimate of drug-likeness (QED) is 0.733. The van der Waals surface area contributed by atoms with E-state index in [9.17, 15) is 0 Å². The van der Waals surface area contributed by atoms with Crippen LogP contribution in [0.15, 0.2) is 11.6 Å². The molecule has 0 aromatic heterocycles. The van der Waals surface area contributed by atoms with Crippen LogP contribution >= 0.6 is 0 Å². The Morgan fingerprint density at radius 2 is 2.00 bits per heavy atom. The Labute approximate surface area is 135 Å². The fourth-order valence-electron chi connectivity index (χ4n) is 7.00. The number of methoxy groups -OCH3 is 1. The highest BCUT2D eigenvalue weighted by Crippen LogP contribution is 2.64. The number of nitrogens with two attached hydrogens (primary N) is 1. The van der Waals surface area contributed by atoms with Gasteiger partial charge in [0.05, 0.1) is 6.10 Å². The van der Waals surface area contributed by atoms with Crippen LogP contribution in [0.2, 0.25) is 0 Å². The average Bonchev–Trinajstić information content (AvgIpc) is 2.88. The maximum absolute atomic E-state index is 6.48. The molecule has 0 amide bonds. The lowest BCUT2D eigenvalue weighted by molar-refractivity contribution is -0.0467. The van der Waals surface area contributed by atoms with Crippen LogP contribution in [-0.2, 0) is 4.74 Å². The average molecular weight is 303 g/mol. The summed E-state index contributed by atoms with van der Waals surface area (Å²) in [7, 11) is 1.82. The Bertz CT molecular complexity index is 486. The van der Waals surface area contributed by atoms with Crippen molar-refractivity contribution in [2.24, 2.45) is 34.3 Å². The Morgan fingerprint density at radius 1 is 1.18 bits per heavy atom.